The molecule has 0 spiro atoms. The molecule has 0 fully saturated rings. The van der Waals surface area contributed by atoms with Crippen LogP contribution in [0, 0.1) is 0 Å². The number of ether oxygens (including phenoxy) is 1. The molecule has 0 bridgehead atoms. The molecule has 0 amide bonds. The van der Waals surface area contributed by atoms with Crippen molar-refractivity contribution in [1.29, 1.82) is 0 Å². The van der Waals surface area contributed by atoms with E-state index in [1.807, 2.05) is 0 Å². The number of hydrogen-bond acceptors (Lipinski definition) is 4. The summed E-state index contributed by atoms with van der Waals surface area (Å²) in [7, 11) is 1.70. The van der Waals surface area contributed by atoms with E-state index in [-0.39, 0.29) is 5.54 Å². The van der Waals surface area contributed by atoms with Gasteiger partial charge in [-0.2, -0.15) is 0 Å². The van der Waals surface area contributed by atoms with E-state index in [0.29, 0.717) is 12.6 Å². The summed E-state index contributed by atoms with van der Waals surface area (Å²) < 4.78 is 5.04. The molecule has 4 nitrogen and oxygen atoms in total. The minimum Gasteiger partial charge on any atom is -0.383 e. The van der Waals surface area contributed by atoms with Crippen LogP contribution in [0.15, 0.2) is 4.99 Å². The summed E-state index contributed by atoms with van der Waals surface area (Å²) in [5, 5.41) is 0. The predicted molar refractivity (Wildman–Crippen MR) is 53.8 cm³/mol. The third kappa shape index (κ3) is 1.94. The topological polar surface area (TPSA) is 50.8 Å². The first-order valence-electron chi connectivity index (χ1n) is 4.70. The molecule has 0 radical (unpaired) electrons. The van der Waals surface area contributed by atoms with Gasteiger partial charge >= 0.3 is 0 Å². The Hall–Kier alpha value is -0.770. The third-order valence-electron chi connectivity index (χ3n) is 2.79. The molecule has 0 saturated carbocycles. The van der Waals surface area contributed by atoms with Crippen LogP contribution in [0.2, 0.25) is 0 Å². The van der Waals surface area contributed by atoms with E-state index in [1.54, 1.807) is 7.11 Å². The van der Waals surface area contributed by atoms with Crippen LogP contribution in [0.1, 0.15) is 20.3 Å². The summed E-state index contributed by atoms with van der Waals surface area (Å²) in [5.41, 5.74) is 5.89. The zero-order valence-corrected chi connectivity index (χ0v) is 8.71. The lowest BCUT2D eigenvalue weighted by Gasteiger charge is -2.35. The highest BCUT2D eigenvalue weighted by molar-refractivity contribution is 5.80. The molecule has 1 unspecified atom stereocenters. The average molecular weight is 185 g/mol. The van der Waals surface area contributed by atoms with Crippen molar-refractivity contribution in [1.82, 2.24) is 4.90 Å². The summed E-state index contributed by atoms with van der Waals surface area (Å²) in [5.74, 6) is 0.654. The van der Waals surface area contributed by atoms with Crippen LogP contribution in [0.4, 0.5) is 0 Å². The fourth-order valence-electron chi connectivity index (χ4n) is 1.57. The molecule has 0 aromatic rings. The van der Waals surface area contributed by atoms with Gasteiger partial charge in [0, 0.05) is 13.7 Å². The lowest BCUT2D eigenvalue weighted by atomic mass is 9.98. The molecule has 1 aliphatic rings. The summed E-state index contributed by atoms with van der Waals surface area (Å²) in [6.45, 7) is 6.68. The first-order chi connectivity index (χ1) is 6.14. The molecule has 76 valence electrons. The Morgan fingerprint density at radius 1 is 1.69 bits per heavy atom. The molecule has 1 aliphatic heterocycles. The largest absolute Gasteiger partial charge is 0.383 e. The number of aliphatic imine (C=N–C) groups is 1. The SMILES string of the molecule is CCC1(C)CN=C(N)N1CCOC. The Morgan fingerprint density at radius 2 is 2.38 bits per heavy atom. The number of rotatable bonds is 4. The first-order valence-corrected chi connectivity index (χ1v) is 4.70. The smallest absolute Gasteiger partial charge is 0.191 e. The highest BCUT2D eigenvalue weighted by Gasteiger charge is 2.35. The van der Waals surface area contributed by atoms with Gasteiger partial charge in [0.2, 0.25) is 0 Å². The minimum atomic E-state index is 0.0998. The number of nitrogens with two attached hydrogens (primary N) is 1. The third-order valence-corrected chi connectivity index (χ3v) is 2.79. The standard InChI is InChI=1S/C9H19N3O/c1-4-9(2)7-11-8(10)12(9)5-6-13-3/h4-7H2,1-3H3,(H2,10,11). The molecule has 1 rings (SSSR count). The van der Waals surface area contributed by atoms with Crippen molar-refractivity contribution in [3.63, 3.8) is 0 Å². The maximum Gasteiger partial charge on any atom is 0.191 e. The summed E-state index contributed by atoms with van der Waals surface area (Å²) in [4.78, 5) is 6.39. The lowest BCUT2D eigenvalue weighted by molar-refractivity contribution is 0.135. The summed E-state index contributed by atoms with van der Waals surface area (Å²) >= 11 is 0. The van der Waals surface area contributed by atoms with Gasteiger partial charge in [0.15, 0.2) is 5.96 Å². The Balaban J connectivity index is 2.60. The zero-order valence-electron chi connectivity index (χ0n) is 8.71. The van der Waals surface area contributed by atoms with E-state index < -0.39 is 0 Å². The number of nitrogens with zero attached hydrogens (tertiary/aromatic N) is 2. The normalized spacial score (nSPS) is 27.9. The van der Waals surface area contributed by atoms with Crippen molar-refractivity contribution < 1.29 is 4.74 Å². The van der Waals surface area contributed by atoms with Gasteiger partial charge < -0.3 is 15.4 Å². The van der Waals surface area contributed by atoms with Crippen molar-refractivity contribution in [2.24, 2.45) is 10.7 Å². The Bertz CT molecular complexity index is 205. The minimum absolute atomic E-state index is 0.0998. The van der Waals surface area contributed by atoms with E-state index in [2.05, 4.69) is 23.7 Å². The quantitative estimate of drug-likeness (QED) is 0.691. The second-order valence-corrected chi connectivity index (χ2v) is 3.67. The van der Waals surface area contributed by atoms with Gasteiger partial charge in [-0.25, -0.2) is 0 Å². The molecule has 0 aromatic heterocycles. The van der Waals surface area contributed by atoms with Crippen molar-refractivity contribution in [3.8, 4) is 0 Å². The number of hydrogen-bond donors (Lipinski definition) is 1. The number of methoxy groups -OCH3 is 1. The molecular weight excluding hydrogens is 166 g/mol. The second kappa shape index (κ2) is 3.96. The predicted octanol–water partition coefficient (Wildman–Crippen LogP) is 0.432. The molecular formula is C9H19N3O. The highest BCUT2D eigenvalue weighted by Crippen LogP contribution is 2.24. The average Bonchev–Trinajstić information content (AvgIpc) is 2.41. The molecule has 0 aliphatic carbocycles. The monoisotopic (exact) mass is 185 g/mol. The van der Waals surface area contributed by atoms with Gasteiger partial charge in [-0.1, -0.05) is 6.92 Å². The summed E-state index contributed by atoms with van der Waals surface area (Å²) in [6.07, 6.45) is 1.06. The molecule has 2 N–H and O–H groups in total. The van der Waals surface area contributed by atoms with Crippen LogP contribution in [-0.4, -0.2) is 43.2 Å². The molecule has 1 heterocycles. The van der Waals surface area contributed by atoms with Crippen LogP contribution in [-0.2, 0) is 4.74 Å². The Kier molecular flexibility index (Phi) is 3.14. The second-order valence-electron chi connectivity index (χ2n) is 3.67. The fraction of sp³-hybridized carbons (Fsp3) is 0.889. The van der Waals surface area contributed by atoms with E-state index in [4.69, 9.17) is 10.5 Å². The van der Waals surface area contributed by atoms with E-state index in [1.165, 1.54) is 0 Å². The van der Waals surface area contributed by atoms with Crippen LogP contribution >= 0.6 is 0 Å². The van der Waals surface area contributed by atoms with Gasteiger partial charge in [-0.15, -0.1) is 0 Å². The highest BCUT2D eigenvalue weighted by atomic mass is 16.5. The van der Waals surface area contributed by atoms with Gasteiger partial charge in [0.05, 0.1) is 18.7 Å². The van der Waals surface area contributed by atoms with Crippen LogP contribution < -0.4 is 5.73 Å². The molecule has 0 saturated heterocycles. The maximum atomic E-state index is 5.79. The van der Waals surface area contributed by atoms with Crippen molar-refractivity contribution in [3.05, 3.63) is 0 Å². The van der Waals surface area contributed by atoms with E-state index in [9.17, 15) is 0 Å². The van der Waals surface area contributed by atoms with Crippen LogP contribution in [0.25, 0.3) is 0 Å². The Morgan fingerprint density at radius 3 is 2.92 bits per heavy atom. The lowest BCUT2D eigenvalue weighted by Crippen LogP contribution is -2.50. The van der Waals surface area contributed by atoms with E-state index in [0.717, 1.165) is 19.5 Å². The van der Waals surface area contributed by atoms with Crippen molar-refractivity contribution in [2.45, 2.75) is 25.8 Å². The van der Waals surface area contributed by atoms with Gasteiger partial charge in [0.1, 0.15) is 0 Å². The Labute approximate surface area is 79.8 Å². The molecule has 4 heteroatoms. The zero-order chi connectivity index (χ0) is 9.90. The molecule has 1 atom stereocenters. The summed E-state index contributed by atoms with van der Waals surface area (Å²) in [6, 6.07) is 0. The maximum absolute atomic E-state index is 5.79. The van der Waals surface area contributed by atoms with Gasteiger partial charge in [-0.3, -0.25) is 4.99 Å². The van der Waals surface area contributed by atoms with E-state index >= 15 is 0 Å². The number of guanidine groups is 1. The first kappa shape index (κ1) is 10.3. The van der Waals surface area contributed by atoms with Crippen molar-refractivity contribution in [2.75, 3.05) is 26.8 Å². The fourth-order valence-corrected chi connectivity index (χ4v) is 1.57. The van der Waals surface area contributed by atoms with Gasteiger partial charge in [0.25, 0.3) is 0 Å². The molecule has 0 aromatic carbocycles. The van der Waals surface area contributed by atoms with Gasteiger partial charge in [-0.05, 0) is 13.3 Å². The van der Waals surface area contributed by atoms with Crippen LogP contribution in [0.5, 0.6) is 0 Å². The van der Waals surface area contributed by atoms with Crippen molar-refractivity contribution >= 4 is 5.96 Å². The molecule has 13 heavy (non-hydrogen) atoms. The van der Waals surface area contributed by atoms with Crippen LogP contribution in [0.3, 0.4) is 0 Å².